The summed E-state index contributed by atoms with van der Waals surface area (Å²) in [6.07, 6.45) is 1.15. The molecule has 28 heavy (non-hydrogen) atoms. The van der Waals surface area contributed by atoms with Crippen molar-refractivity contribution in [1.82, 2.24) is 15.1 Å². The van der Waals surface area contributed by atoms with Gasteiger partial charge >= 0.3 is 0 Å². The summed E-state index contributed by atoms with van der Waals surface area (Å²) in [6, 6.07) is 4.34. The van der Waals surface area contributed by atoms with E-state index in [1.54, 1.807) is 12.1 Å². The average molecular weight is 386 g/mol. The summed E-state index contributed by atoms with van der Waals surface area (Å²) in [5.74, 6) is -1.95. The van der Waals surface area contributed by atoms with Gasteiger partial charge in [-0.25, -0.2) is 0 Å². The van der Waals surface area contributed by atoms with E-state index < -0.39 is 23.8 Å². The highest BCUT2D eigenvalue weighted by Crippen LogP contribution is 2.28. The van der Waals surface area contributed by atoms with Crippen molar-refractivity contribution >= 4 is 23.6 Å². The lowest BCUT2D eigenvalue weighted by molar-refractivity contribution is -0.136. The number of nitrogens with one attached hydrogen (secondary N) is 1. The number of likely N-dealkylation sites (N-methyl/N-ethyl adjacent to an activating group) is 1. The van der Waals surface area contributed by atoms with Crippen LogP contribution in [0.4, 0.5) is 0 Å². The first-order valence-electron chi connectivity index (χ1n) is 9.68. The smallest absolute Gasteiger partial charge is 0.262 e. The van der Waals surface area contributed by atoms with Gasteiger partial charge in [0, 0.05) is 25.6 Å². The van der Waals surface area contributed by atoms with Gasteiger partial charge in [-0.1, -0.05) is 19.9 Å². The molecule has 0 aliphatic carbocycles. The molecule has 8 nitrogen and oxygen atoms in total. The van der Waals surface area contributed by atoms with Crippen LogP contribution in [0, 0.1) is 0 Å². The fourth-order valence-electron chi connectivity index (χ4n) is 3.64. The summed E-state index contributed by atoms with van der Waals surface area (Å²) >= 11 is 0. The van der Waals surface area contributed by atoms with Crippen LogP contribution in [0.2, 0.25) is 0 Å². The molecule has 4 amide bonds. The van der Waals surface area contributed by atoms with Crippen molar-refractivity contribution in [3.05, 3.63) is 34.9 Å². The van der Waals surface area contributed by atoms with Crippen LogP contribution in [-0.4, -0.2) is 58.6 Å². The molecule has 0 aromatic heterocycles. The number of carbonyl (C=O) groups excluding carboxylic acids is 4. The van der Waals surface area contributed by atoms with Gasteiger partial charge in [-0.2, -0.15) is 0 Å². The molecular formula is C20H26N4O4. The van der Waals surface area contributed by atoms with Gasteiger partial charge < -0.3 is 5.73 Å². The van der Waals surface area contributed by atoms with Crippen LogP contribution < -0.4 is 11.1 Å². The number of carbonyl (C=O) groups is 4. The van der Waals surface area contributed by atoms with E-state index >= 15 is 0 Å². The van der Waals surface area contributed by atoms with Gasteiger partial charge in [0.25, 0.3) is 11.8 Å². The van der Waals surface area contributed by atoms with Gasteiger partial charge in [-0.3, -0.25) is 34.3 Å². The number of fused-ring (bicyclic) bond motifs is 1. The Morgan fingerprint density at radius 3 is 2.54 bits per heavy atom. The normalized spacial score (nSPS) is 20.6. The Balaban J connectivity index is 1.80. The minimum Gasteiger partial charge on any atom is -0.327 e. The number of imide groups is 2. The van der Waals surface area contributed by atoms with E-state index in [1.807, 2.05) is 13.0 Å². The zero-order chi connectivity index (χ0) is 20.4. The summed E-state index contributed by atoms with van der Waals surface area (Å²) in [5.41, 5.74) is 7.57. The number of rotatable bonds is 7. The Morgan fingerprint density at radius 1 is 1.18 bits per heavy atom. The Labute approximate surface area is 164 Å². The fraction of sp³-hybridized carbons (Fsp3) is 0.500. The summed E-state index contributed by atoms with van der Waals surface area (Å²) < 4.78 is 0. The molecule has 1 saturated heterocycles. The summed E-state index contributed by atoms with van der Waals surface area (Å²) in [6.45, 7) is 6.29. The topological polar surface area (TPSA) is 113 Å². The van der Waals surface area contributed by atoms with E-state index in [4.69, 9.17) is 5.73 Å². The maximum absolute atomic E-state index is 12.9. The minimum atomic E-state index is -0.941. The van der Waals surface area contributed by atoms with Gasteiger partial charge in [0.15, 0.2) is 0 Å². The largest absolute Gasteiger partial charge is 0.327 e. The Morgan fingerprint density at radius 2 is 1.89 bits per heavy atom. The zero-order valence-corrected chi connectivity index (χ0v) is 16.2. The first kappa shape index (κ1) is 20.2. The zero-order valence-electron chi connectivity index (χ0n) is 16.2. The van der Waals surface area contributed by atoms with Crippen molar-refractivity contribution in [3.63, 3.8) is 0 Å². The van der Waals surface area contributed by atoms with E-state index in [1.165, 1.54) is 0 Å². The number of benzene rings is 1. The SMILES string of the molecule is CC[C@H](N)CN(CC)Cc1ccc2c(c1)C(=O)N(C1CCC(=O)NC1=O)C2=O. The predicted octanol–water partition coefficient (Wildman–Crippen LogP) is 0.647. The molecule has 0 radical (unpaired) electrons. The van der Waals surface area contributed by atoms with Crippen LogP contribution in [0.1, 0.15) is 59.4 Å². The lowest BCUT2D eigenvalue weighted by Crippen LogP contribution is -2.54. The molecule has 2 atom stereocenters. The Hall–Kier alpha value is -2.58. The maximum Gasteiger partial charge on any atom is 0.262 e. The predicted molar refractivity (Wildman–Crippen MR) is 102 cm³/mol. The maximum atomic E-state index is 12.9. The first-order valence-corrected chi connectivity index (χ1v) is 9.68. The molecule has 150 valence electrons. The molecule has 0 saturated carbocycles. The van der Waals surface area contributed by atoms with E-state index in [0.717, 1.165) is 30.0 Å². The van der Waals surface area contributed by atoms with E-state index in [-0.39, 0.29) is 24.8 Å². The molecule has 0 spiro atoms. The molecule has 0 bridgehead atoms. The number of amides is 4. The monoisotopic (exact) mass is 386 g/mol. The second-order valence-corrected chi connectivity index (χ2v) is 7.32. The Kier molecular flexibility index (Phi) is 5.90. The van der Waals surface area contributed by atoms with Crippen molar-refractivity contribution in [2.75, 3.05) is 13.1 Å². The summed E-state index contributed by atoms with van der Waals surface area (Å²) in [7, 11) is 0. The van der Waals surface area contributed by atoms with Crippen LogP contribution in [-0.2, 0) is 16.1 Å². The van der Waals surface area contributed by atoms with Gasteiger partial charge in [0.05, 0.1) is 11.1 Å². The van der Waals surface area contributed by atoms with E-state index in [0.29, 0.717) is 17.7 Å². The Bertz CT molecular complexity index is 822. The molecule has 1 aromatic rings. The van der Waals surface area contributed by atoms with Crippen LogP contribution in [0.25, 0.3) is 0 Å². The van der Waals surface area contributed by atoms with Crippen molar-refractivity contribution in [2.24, 2.45) is 5.73 Å². The number of nitrogens with zero attached hydrogens (tertiary/aromatic N) is 2. The molecule has 1 unspecified atom stereocenters. The van der Waals surface area contributed by atoms with Gasteiger partial charge in [0.1, 0.15) is 6.04 Å². The molecule has 8 heteroatoms. The summed E-state index contributed by atoms with van der Waals surface area (Å²) in [4.78, 5) is 52.2. The van der Waals surface area contributed by atoms with Crippen molar-refractivity contribution < 1.29 is 19.2 Å². The van der Waals surface area contributed by atoms with E-state index in [2.05, 4.69) is 17.1 Å². The molecular weight excluding hydrogens is 360 g/mol. The third kappa shape index (κ3) is 3.83. The standard InChI is InChI=1S/C20H26N4O4/c1-3-13(21)11-23(4-2)10-12-5-6-14-15(9-12)20(28)24(19(14)27)16-7-8-17(25)22-18(16)26/h5-6,9,13,16H,3-4,7-8,10-11,21H2,1-2H3,(H,22,25,26)/t13-,16?/m0/s1. The quantitative estimate of drug-likeness (QED) is 0.665. The van der Waals surface area contributed by atoms with Crippen LogP contribution in [0.5, 0.6) is 0 Å². The van der Waals surface area contributed by atoms with Crippen LogP contribution >= 0.6 is 0 Å². The summed E-state index contributed by atoms with van der Waals surface area (Å²) in [5, 5.41) is 2.20. The molecule has 2 heterocycles. The number of hydrogen-bond acceptors (Lipinski definition) is 6. The highest BCUT2D eigenvalue weighted by Gasteiger charge is 2.44. The molecule has 3 N–H and O–H groups in total. The van der Waals surface area contributed by atoms with Gasteiger partial charge in [0.2, 0.25) is 11.8 Å². The van der Waals surface area contributed by atoms with Crippen molar-refractivity contribution in [2.45, 2.75) is 51.7 Å². The lowest BCUT2D eigenvalue weighted by atomic mass is 10.0. The van der Waals surface area contributed by atoms with Crippen molar-refractivity contribution in [1.29, 1.82) is 0 Å². The molecule has 3 rings (SSSR count). The number of piperidine rings is 1. The first-order chi connectivity index (χ1) is 13.3. The van der Waals surface area contributed by atoms with Crippen LogP contribution in [0.3, 0.4) is 0 Å². The van der Waals surface area contributed by atoms with E-state index in [9.17, 15) is 19.2 Å². The van der Waals surface area contributed by atoms with Crippen LogP contribution in [0.15, 0.2) is 18.2 Å². The van der Waals surface area contributed by atoms with Gasteiger partial charge in [-0.05, 0) is 37.1 Å². The average Bonchev–Trinajstić information content (AvgIpc) is 2.91. The highest BCUT2D eigenvalue weighted by molar-refractivity contribution is 6.23. The molecule has 2 aliphatic rings. The third-order valence-electron chi connectivity index (χ3n) is 5.37. The number of hydrogen-bond donors (Lipinski definition) is 2. The van der Waals surface area contributed by atoms with Crippen molar-refractivity contribution in [3.8, 4) is 0 Å². The second kappa shape index (κ2) is 8.20. The fourth-order valence-corrected chi connectivity index (χ4v) is 3.64. The highest BCUT2D eigenvalue weighted by atomic mass is 16.2. The second-order valence-electron chi connectivity index (χ2n) is 7.32. The lowest BCUT2D eigenvalue weighted by Gasteiger charge is -2.27. The van der Waals surface area contributed by atoms with Gasteiger partial charge in [-0.15, -0.1) is 0 Å². The molecule has 1 aromatic carbocycles. The molecule has 2 aliphatic heterocycles. The molecule has 1 fully saturated rings. The minimum absolute atomic E-state index is 0.0839. The third-order valence-corrected chi connectivity index (χ3v) is 5.37. The number of nitrogens with two attached hydrogens (primary N) is 1.